The monoisotopic (exact) mass is 259 g/mol. The molecule has 0 radical (unpaired) electrons. The average molecular weight is 259 g/mol. The Bertz CT molecular complexity index is 295. The first-order chi connectivity index (χ1) is 7.97. The van der Waals surface area contributed by atoms with Gasteiger partial charge in [-0.25, -0.2) is 0 Å². The minimum absolute atomic E-state index is 0.270. The van der Waals surface area contributed by atoms with E-state index < -0.39 is 12.0 Å². The van der Waals surface area contributed by atoms with E-state index >= 15 is 0 Å². The van der Waals surface area contributed by atoms with Crippen molar-refractivity contribution < 1.29 is 14.7 Å². The van der Waals surface area contributed by atoms with Crippen molar-refractivity contribution >= 4 is 24.3 Å². The molecule has 4 atom stereocenters. The van der Waals surface area contributed by atoms with E-state index in [1.165, 1.54) is 6.92 Å². The summed E-state index contributed by atoms with van der Waals surface area (Å²) in [6, 6.07) is -0.303. The predicted molar refractivity (Wildman–Crippen MR) is 69.0 cm³/mol. The van der Waals surface area contributed by atoms with Crippen molar-refractivity contribution in [1.82, 2.24) is 5.32 Å². The van der Waals surface area contributed by atoms with Gasteiger partial charge in [-0.3, -0.25) is 9.59 Å². The zero-order valence-corrected chi connectivity index (χ0v) is 11.2. The zero-order valence-electron chi connectivity index (χ0n) is 10.3. The number of amides is 1. The van der Waals surface area contributed by atoms with Crippen LogP contribution in [-0.2, 0) is 9.59 Å². The van der Waals surface area contributed by atoms with Crippen LogP contribution in [-0.4, -0.2) is 34.2 Å². The van der Waals surface area contributed by atoms with Gasteiger partial charge >= 0.3 is 0 Å². The Morgan fingerprint density at radius 2 is 2.18 bits per heavy atom. The first-order valence-corrected chi connectivity index (χ1v) is 6.66. The van der Waals surface area contributed by atoms with Crippen molar-refractivity contribution in [3.63, 3.8) is 0 Å². The molecule has 4 unspecified atom stereocenters. The van der Waals surface area contributed by atoms with Crippen molar-refractivity contribution in [1.29, 1.82) is 0 Å². The maximum absolute atomic E-state index is 11.5. The molecule has 0 saturated carbocycles. The summed E-state index contributed by atoms with van der Waals surface area (Å²) >= 11 is 4.44. The molecule has 0 spiro atoms. The van der Waals surface area contributed by atoms with Gasteiger partial charge < -0.3 is 10.4 Å². The van der Waals surface area contributed by atoms with E-state index in [9.17, 15) is 14.7 Å². The number of hydrogen-bond donors (Lipinski definition) is 3. The lowest BCUT2D eigenvalue weighted by atomic mass is 9.95. The molecule has 1 heterocycles. The van der Waals surface area contributed by atoms with Crippen LogP contribution < -0.4 is 5.32 Å². The second-order valence-electron chi connectivity index (χ2n) is 4.71. The maximum atomic E-state index is 11.5. The molecular weight excluding hydrogens is 238 g/mol. The molecule has 0 aromatic heterocycles. The molecule has 0 aromatic carbocycles. The van der Waals surface area contributed by atoms with Gasteiger partial charge in [0.1, 0.15) is 11.7 Å². The fourth-order valence-corrected chi connectivity index (χ4v) is 2.67. The molecular formula is C12H21NO3S. The zero-order chi connectivity index (χ0) is 13.0. The third-order valence-corrected chi connectivity index (χ3v) is 3.75. The van der Waals surface area contributed by atoms with Crippen LogP contribution in [0.3, 0.4) is 0 Å². The van der Waals surface area contributed by atoms with Gasteiger partial charge in [-0.05, 0) is 26.2 Å². The second kappa shape index (κ2) is 6.40. The van der Waals surface area contributed by atoms with E-state index in [0.717, 1.165) is 19.3 Å². The first-order valence-electron chi connectivity index (χ1n) is 6.14. The van der Waals surface area contributed by atoms with E-state index in [2.05, 4.69) is 24.9 Å². The van der Waals surface area contributed by atoms with Gasteiger partial charge in [0, 0.05) is 5.25 Å². The second-order valence-corrected chi connectivity index (χ2v) is 5.44. The van der Waals surface area contributed by atoms with Crippen LogP contribution in [0.15, 0.2) is 0 Å². The van der Waals surface area contributed by atoms with E-state index in [1.54, 1.807) is 0 Å². The molecule has 1 aliphatic heterocycles. The van der Waals surface area contributed by atoms with Gasteiger partial charge in [0.2, 0.25) is 5.91 Å². The number of aliphatic hydroxyl groups is 1. The Labute approximate surface area is 108 Å². The minimum Gasteiger partial charge on any atom is -0.390 e. The summed E-state index contributed by atoms with van der Waals surface area (Å²) in [6.45, 7) is 3.44. The summed E-state index contributed by atoms with van der Waals surface area (Å²) in [5.74, 6) is -1.50. The van der Waals surface area contributed by atoms with E-state index in [-0.39, 0.29) is 17.7 Å². The summed E-state index contributed by atoms with van der Waals surface area (Å²) in [4.78, 5) is 22.7. The highest BCUT2D eigenvalue weighted by atomic mass is 32.1. The summed E-state index contributed by atoms with van der Waals surface area (Å²) in [6.07, 6.45) is 2.72. The summed E-state index contributed by atoms with van der Waals surface area (Å²) in [5, 5.41) is 12.9. The third-order valence-electron chi connectivity index (χ3n) is 3.23. The molecule has 98 valence electrons. The molecule has 5 heteroatoms. The number of carbonyl (C=O) groups is 2. The van der Waals surface area contributed by atoms with Crippen molar-refractivity contribution in [2.45, 2.75) is 56.9 Å². The number of rotatable bonds is 6. The lowest BCUT2D eigenvalue weighted by Crippen LogP contribution is -2.33. The largest absolute Gasteiger partial charge is 0.390 e. The number of carbonyl (C=O) groups excluding carboxylic acids is 2. The minimum atomic E-state index is -0.887. The fraction of sp³-hybridized carbons (Fsp3) is 0.833. The average Bonchev–Trinajstić information content (AvgIpc) is 2.51. The molecule has 4 nitrogen and oxygen atoms in total. The number of nitrogens with one attached hydrogen (secondary N) is 1. The van der Waals surface area contributed by atoms with Crippen LogP contribution in [0.5, 0.6) is 0 Å². The van der Waals surface area contributed by atoms with Crippen molar-refractivity contribution in [3.05, 3.63) is 0 Å². The van der Waals surface area contributed by atoms with Crippen LogP contribution in [0, 0.1) is 5.92 Å². The number of thiol groups is 1. The Morgan fingerprint density at radius 1 is 1.53 bits per heavy atom. The van der Waals surface area contributed by atoms with E-state index in [1.807, 2.05) is 0 Å². The highest BCUT2D eigenvalue weighted by molar-refractivity contribution is 7.80. The van der Waals surface area contributed by atoms with Crippen molar-refractivity contribution in [2.24, 2.45) is 5.92 Å². The number of aliphatic hydroxyl groups excluding tert-OH is 1. The lowest BCUT2D eigenvalue weighted by molar-refractivity contribution is -0.132. The molecule has 2 N–H and O–H groups in total. The van der Waals surface area contributed by atoms with Gasteiger partial charge in [0.25, 0.3) is 0 Å². The van der Waals surface area contributed by atoms with Gasteiger partial charge in [-0.2, -0.15) is 12.6 Å². The first kappa shape index (κ1) is 14.5. The molecule has 1 fully saturated rings. The molecule has 0 aromatic rings. The fourth-order valence-electron chi connectivity index (χ4n) is 2.26. The van der Waals surface area contributed by atoms with E-state index in [0.29, 0.717) is 11.7 Å². The predicted octanol–water partition coefficient (Wildman–Crippen LogP) is 0.930. The molecule has 0 bridgehead atoms. The lowest BCUT2D eigenvalue weighted by Gasteiger charge is -2.17. The standard InChI is InChI=1S/C12H21NO3S/c1-3-4-8(17)5-6-9-11(15)10(7(2)14)12(16)13-9/h8-11,15,17H,3-6H2,1-2H3,(H,13,16). The maximum Gasteiger partial charge on any atom is 0.233 e. The Hall–Kier alpha value is -0.550. The van der Waals surface area contributed by atoms with Crippen LogP contribution >= 0.6 is 12.6 Å². The highest BCUT2D eigenvalue weighted by Gasteiger charge is 2.43. The van der Waals surface area contributed by atoms with Gasteiger partial charge in [-0.15, -0.1) is 0 Å². The number of hydrogen-bond acceptors (Lipinski definition) is 4. The molecule has 1 saturated heterocycles. The van der Waals surface area contributed by atoms with E-state index in [4.69, 9.17) is 0 Å². The normalized spacial score (nSPS) is 30.1. The summed E-state index contributed by atoms with van der Waals surface area (Å²) in [5.41, 5.74) is 0. The SMILES string of the molecule is CCCC(S)CCC1NC(=O)C(C(C)=O)C1O. The van der Waals surface area contributed by atoms with Crippen LogP contribution in [0.25, 0.3) is 0 Å². The van der Waals surface area contributed by atoms with Gasteiger partial charge in [0.15, 0.2) is 0 Å². The molecule has 1 amide bonds. The smallest absolute Gasteiger partial charge is 0.233 e. The third kappa shape index (κ3) is 3.71. The topological polar surface area (TPSA) is 66.4 Å². The van der Waals surface area contributed by atoms with Crippen molar-refractivity contribution in [3.8, 4) is 0 Å². The Morgan fingerprint density at radius 3 is 2.65 bits per heavy atom. The summed E-state index contributed by atoms with van der Waals surface area (Å²) < 4.78 is 0. The molecule has 1 rings (SSSR count). The number of ketones is 1. The van der Waals surface area contributed by atoms with Gasteiger partial charge in [0.05, 0.1) is 12.1 Å². The summed E-state index contributed by atoms with van der Waals surface area (Å²) in [7, 11) is 0. The van der Waals surface area contributed by atoms with Gasteiger partial charge in [-0.1, -0.05) is 13.3 Å². The van der Waals surface area contributed by atoms with Crippen LogP contribution in [0.1, 0.15) is 39.5 Å². The van der Waals surface area contributed by atoms with Crippen molar-refractivity contribution in [2.75, 3.05) is 0 Å². The molecule has 1 aliphatic rings. The van der Waals surface area contributed by atoms with Crippen LogP contribution in [0.2, 0.25) is 0 Å². The Balaban J connectivity index is 2.46. The quantitative estimate of drug-likeness (QED) is 0.491. The molecule has 0 aliphatic carbocycles. The number of Topliss-reactive ketones (excluding diaryl/α,β-unsaturated/α-hetero) is 1. The Kier molecular flexibility index (Phi) is 5.46. The van der Waals surface area contributed by atoms with Crippen LogP contribution in [0.4, 0.5) is 0 Å². The molecule has 17 heavy (non-hydrogen) atoms. The highest BCUT2D eigenvalue weighted by Crippen LogP contribution is 2.23.